The number of amides is 1. The van der Waals surface area contributed by atoms with E-state index < -0.39 is 0 Å². The summed E-state index contributed by atoms with van der Waals surface area (Å²) in [4.78, 5) is 24.1. The Hall–Kier alpha value is -2.82. The molecule has 0 radical (unpaired) electrons. The summed E-state index contributed by atoms with van der Waals surface area (Å²) < 4.78 is 5.49. The molecule has 0 saturated heterocycles. The summed E-state index contributed by atoms with van der Waals surface area (Å²) in [5.74, 6) is 0.0345. The summed E-state index contributed by atoms with van der Waals surface area (Å²) in [6.07, 6.45) is 0. The summed E-state index contributed by atoms with van der Waals surface area (Å²) in [5, 5.41) is 2.83. The van der Waals surface area contributed by atoms with Crippen LogP contribution in [0.1, 0.15) is 35.3 Å². The Kier molecular flexibility index (Phi) is 5.80. The Morgan fingerprint density at radius 1 is 1.12 bits per heavy atom. The van der Waals surface area contributed by atoms with E-state index in [0.717, 1.165) is 16.8 Å². The van der Waals surface area contributed by atoms with Crippen LogP contribution in [0.5, 0.6) is 5.75 Å². The highest BCUT2D eigenvalue weighted by Gasteiger charge is 2.13. The number of ketones is 1. The van der Waals surface area contributed by atoms with Crippen molar-refractivity contribution in [2.75, 3.05) is 17.7 Å². The summed E-state index contributed by atoms with van der Waals surface area (Å²) >= 11 is 0. The number of nitrogens with one attached hydrogen (secondary N) is 1. The molecule has 0 aliphatic rings. The third-order valence-corrected chi connectivity index (χ3v) is 3.84. The first-order chi connectivity index (χ1) is 11.8. The van der Waals surface area contributed by atoms with Crippen LogP contribution in [0.3, 0.4) is 0 Å². The molecule has 1 amide bonds. The van der Waals surface area contributed by atoms with E-state index in [1.165, 1.54) is 0 Å². The number of rotatable bonds is 6. The van der Waals surface area contributed by atoms with Crippen LogP contribution in [-0.2, 0) is 4.79 Å². The first kappa shape index (κ1) is 18.5. The molecule has 3 N–H and O–H groups in total. The van der Waals surface area contributed by atoms with Crippen molar-refractivity contribution in [1.82, 2.24) is 0 Å². The maximum absolute atomic E-state index is 12.1. The molecule has 0 spiro atoms. The van der Waals surface area contributed by atoms with Crippen molar-refractivity contribution < 1.29 is 14.3 Å². The number of hydrogen-bond acceptors (Lipinski definition) is 4. The largest absolute Gasteiger partial charge is 0.482 e. The van der Waals surface area contributed by atoms with Crippen molar-refractivity contribution in [3.8, 4) is 5.75 Å². The number of nitrogen functional groups attached to an aromatic ring is 1. The van der Waals surface area contributed by atoms with E-state index in [1.807, 2.05) is 45.9 Å². The van der Waals surface area contributed by atoms with E-state index in [0.29, 0.717) is 17.0 Å². The zero-order valence-electron chi connectivity index (χ0n) is 15.1. The summed E-state index contributed by atoms with van der Waals surface area (Å²) in [6, 6.07) is 10.7. The molecule has 2 rings (SSSR count). The van der Waals surface area contributed by atoms with Gasteiger partial charge in [-0.15, -0.1) is 0 Å². The highest BCUT2D eigenvalue weighted by molar-refractivity contribution is 5.98. The van der Waals surface area contributed by atoms with E-state index in [9.17, 15) is 9.59 Å². The van der Waals surface area contributed by atoms with Crippen molar-refractivity contribution in [2.24, 2.45) is 5.92 Å². The minimum Gasteiger partial charge on any atom is -0.482 e. The number of carbonyl (C=O) groups excluding carboxylic acids is 2. The summed E-state index contributed by atoms with van der Waals surface area (Å²) in [6.45, 7) is 7.40. The molecular weight excluding hydrogens is 316 g/mol. The smallest absolute Gasteiger partial charge is 0.262 e. The van der Waals surface area contributed by atoms with Crippen molar-refractivity contribution in [3.05, 3.63) is 53.1 Å². The molecule has 5 nitrogen and oxygen atoms in total. The molecule has 0 aliphatic carbocycles. The summed E-state index contributed by atoms with van der Waals surface area (Å²) in [5.41, 5.74) is 9.62. The lowest BCUT2D eigenvalue weighted by Crippen LogP contribution is -2.21. The first-order valence-electron chi connectivity index (χ1n) is 8.21. The Labute approximate surface area is 148 Å². The van der Waals surface area contributed by atoms with Gasteiger partial charge < -0.3 is 15.8 Å². The number of hydrogen-bond donors (Lipinski definition) is 2. The van der Waals surface area contributed by atoms with Crippen LogP contribution in [0.4, 0.5) is 11.4 Å². The molecule has 2 aromatic carbocycles. The third kappa shape index (κ3) is 4.83. The monoisotopic (exact) mass is 340 g/mol. The van der Waals surface area contributed by atoms with Gasteiger partial charge in [-0.25, -0.2) is 0 Å². The van der Waals surface area contributed by atoms with Crippen LogP contribution in [-0.4, -0.2) is 18.3 Å². The third-order valence-electron chi connectivity index (χ3n) is 3.84. The minimum atomic E-state index is -0.268. The molecule has 0 aliphatic heterocycles. The first-order valence-corrected chi connectivity index (χ1v) is 8.21. The van der Waals surface area contributed by atoms with Gasteiger partial charge in [0.15, 0.2) is 12.4 Å². The van der Waals surface area contributed by atoms with E-state index in [2.05, 4.69) is 5.32 Å². The van der Waals surface area contributed by atoms with Crippen LogP contribution >= 0.6 is 0 Å². The van der Waals surface area contributed by atoms with Gasteiger partial charge in [0.25, 0.3) is 5.91 Å². The van der Waals surface area contributed by atoms with Crippen LogP contribution in [0.15, 0.2) is 36.4 Å². The quantitative estimate of drug-likeness (QED) is 0.620. The normalized spacial score (nSPS) is 10.6. The predicted octanol–water partition coefficient (Wildman–Crippen LogP) is 3.74. The molecule has 2 aromatic rings. The average Bonchev–Trinajstić information content (AvgIpc) is 2.56. The lowest BCUT2D eigenvalue weighted by atomic mass is 10.0. The molecule has 0 saturated carbocycles. The highest BCUT2D eigenvalue weighted by Crippen LogP contribution is 2.24. The molecule has 25 heavy (non-hydrogen) atoms. The number of anilines is 2. The van der Waals surface area contributed by atoms with Gasteiger partial charge in [-0.05, 0) is 49.2 Å². The lowest BCUT2D eigenvalue weighted by molar-refractivity contribution is -0.118. The van der Waals surface area contributed by atoms with Crippen molar-refractivity contribution in [1.29, 1.82) is 0 Å². The number of benzene rings is 2. The SMILES string of the molecule is Cc1ccc(C)c(NC(=O)COc2ccc(C(=O)C(C)C)cc2N)c1. The number of aryl methyl sites for hydroxylation is 2. The Morgan fingerprint density at radius 2 is 1.84 bits per heavy atom. The van der Waals surface area contributed by atoms with Crippen LogP contribution in [0.2, 0.25) is 0 Å². The van der Waals surface area contributed by atoms with Crippen molar-refractivity contribution in [3.63, 3.8) is 0 Å². The molecule has 0 atom stereocenters. The van der Waals surface area contributed by atoms with Gasteiger partial charge in [0.05, 0.1) is 5.69 Å². The molecule has 132 valence electrons. The molecule has 0 bridgehead atoms. The van der Waals surface area contributed by atoms with E-state index >= 15 is 0 Å². The molecule has 5 heteroatoms. The average molecular weight is 340 g/mol. The van der Waals surface area contributed by atoms with Gasteiger partial charge in [0.1, 0.15) is 5.75 Å². The molecule has 0 aromatic heterocycles. The number of carbonyl (C=O) groups is 2. The maximum Gasteiger partial charge on any atom is 0.262 e. The van der Waals surface area contributed by atoms with Crippen molar-refractivity contribution >= 4 is 23.1 Å². The van der Waals surface area contributed by atoms with Gasteiger partial charge in [0.2, 0.25) is 0 Å². The van der Waals surface area contributed by atoms with Gasteiger partial charge in [-0.1, -0.05) is 26.0 Å². The Bertz CT molecular complexity index is 798. The fourth-order valence-corrected chi connectivity index (χ4v) is 2.37. The second-order valence-corrected chi connectivity index (χ2v) is 6.43. The van der Waals surface area contributed by atoms with Gasteiger partial charge in [-0.3, -0.25) is 9.59 Å². The second-order valence-electron chi connectivity index (χ2n) is 6.43. The predicted molar refractivity (Wildman–Crippen MR) is 100 cm³/mol. The molecular formula is C20H24N2O3. The maximum atomic E-state index is 12.1. The van der Waals surface area contributed by atoms with Gasteiger partial charge in [0, 0.05) is 17.2 Å². The highest BCUT2D eigenvalue weighted by atomic mass is 16.5. The van der Waals surface area contributed by atoms with Gasteiger partial charge in [-0.2, -0.15) is 0 Å². The van der Waals surface area contributed by atoms with E-state index in [1.54, 1.807) is 18.2 Å². The molecule has 0 fully saturated rings. The topological polar surface area (TPSA) is 81.4 Å². The second kappa shape index (κ2) is 7.83. The molecule has 0 heterocycles. The minimum absolute atomic E-state index is 0.0194. The van der Waals surface area contributed by atoms with Crippen molar-refractivity contribution in [2.45, 2.75) is 27.7 Å². The summed E-state index contributed by atoms with van der Waals surface area (Å²) in [7, 11) is 0. The number of Topliss-reactive ketones (excluding diaryl/α,β-unsaturated/α-hetero) is 1. The zero-order chi connectivity index (χ0) is 18.6. The Morgan fingerprint density at radius 3 is 2.48 bits per heavy atom. The standard InChI is InChI=1S/C20H24N2O3/c1-12(2)20(24)15-7-8-18(16(21)10-15)25-11-19(23)22-17-9-13(3)5-6-14(17)4/h5-10,12H,11,21H2,1-4H3,(H,22,23). The lowest BCUT2D eigenvalue weighted by Gasteiger charge is -2.12. The van der Waals surface area contributed by atoms with Crippen LogP contribution < -0.4 is 15.8 Å². The fraction of sp³-hybridized carbons (Fsp3) is 0.300. The number of nitrogens with two attached hydrogens (primary N) is 1. The number of ether oxygens (including phenoxy) is 1. The van der Waals surface area contributed by atoms with Crippen LogP contribution in [0.25, 0.3) is 0 Å². The fourth-order valence-electron chi connectivity index (χ4n) is 2.37. The Balaban J connectivity index is 2.00. The van der Waals surface area contributed by atoms with E-state index in [4.69, 9.17) is 10.5 Å². The molecule has 0 unspecified atom stereocenters. The zero-order valence-corrected chi connectivity index (χ0v) is 15.1. The van der Waals surface area contributed by atoms with Crippen LogP contribution in [0, 0.1) is 19.8 Å². The van der Waals surface area contributed by atoms with E-state index in [-0.39, 0.29) is 24.2 Å². The van der Waals surface area contributed by atoms with Gasteiger partial charge >= 0.3 is 0 Å².